The van der Waals surface area contributed by atoms with E-state index in [1.807, 2.05) is 0 Å². The van der Waals surface area contributed by atoms with E-state index in [0.29, 0.717) is 44.5 Å². The molecule has 9 nitrogen and oxygen atoms in total. The Hall–Kier alpha value is -1.30. The van der Waals surface area contributed by atoms with Gasteiger partial charge in [-0.1, -0.05) is 11.3 Å². The van der Waals surface area contributed by atoms with Gasteiger partial charge < -0.3 is 9.64 Å². The second kappa shape index (κ2) is 5.48. The number of carbonyl (C=O) groups is 1. The number of anilines is 1. The highest BCUT2D eigenvalue weighted by Gasteiger charge is 2.34. The molecule has 1 aromatic rings. The van der Waals surface area contributed by atoms with Crippen molar-refractivity contribution in [2.75, 3.05) is 51.3 Å². The SMILES string of the molecule is CN1CCN(c2nnc(S(=O)(=O)N3CCOCC3)s2)C1=O. The molecule has 0 aromatic carbocycles. The van der Waals surface area contributed by atoms with Gasteiger partial charge in [0.25, 0.3) is 10.0 Å². The van der Waals surface area contributed by atoms with E-state index in [1.54, 1.807) is 11.9 Å². The van der Waals surface area contributed by atoms with Crippen molar-refractivity contribution >= 4 is 32.5 Å². The molecule has 11 heteroatoms. The predicted octanol–water partition coefficient (Wildman–Crippen LogP) is -0.569. The monoisotopic (exact) mass is 333 g/mol. The van der Waals surface area contributed by atoms with E-state index in [4.69, 9.17) is 4.74 Å². The molecule has 0 atom stereocenters. The van der Waals surface area contributed by atoms with Gasteiger partial charge in [-0.15, -0.1) is 10.2 Å². The van der Waals surface area contributed by atoms with Gasteiger partial charge in [0.2, 0.25) is 9.47 Å². The van der Waals surface area contributed by atoms with Crippen molar-refractivity contribution in [1.29, 1.82) is 0 Å². The van der Waals surface area contributed by atoms with E-state index < -0.39 is 10.0 Å². The normalized spacial score (nSPS) is 21.3. The van der Waals surface area contributed by atoms with Crippen molar-refractivity contribution in [1.82, 2.24) is 19.4 Å². The maximum atomic E-state index is 12.4. The molecule has 3 rings (SSSR count). The number of morpholine rings is 1. The number of ether oxygens (including phenoxy) is 1. The topological polar surface area (TPSA) is 95.9 Å². The Morgan fingerprint density at radius 3 is 2.48 bits per heavy atom. The number of sulfonamides is 1. The van der Waals surface area contributed by atoms with Crippen LogP contribution < -0.4 is 4.90 Å². The lowest BCUT2D eigenvalue weighted by atomic mass is 10.5. The third-order valence-corrected chi connectivity index (χ3v) is 6.56. The quantitative estimate of drug-likeness (QED) is 0.688. The zero-order valence-electron chi connectivity index (χ0n) is 11.4. The minimum absolute atomic E-state index is 0.0817. The van der Waals surface area contributed by atoms with Crippen LogP contribution in [0.4, 0.5) is 9.93 Å². The summed E-state index contributed by atoms with van der Waals surface area (Å²) in [4.78, 5) is 14.9. The Bertz CT molecular complexity index is 640. The first-order chi connectivity index (χ1) is 10.00. The van der Waals surface area contributed by atoms with Crippen LogP contribution in [0.5, 0.6) is 0 Å². The fourth-order valence-corrected chi connectivity index (χ4v) is 4.69. The summed E-state index contributed by atoms with van der Waals surface area (Å²) in [6.07, 6.45) is 0. The molecule has 116 valence electrons. The minimum atomic E-state index is -3.66. The lowest BCUT2D eigenvalue weighted by Gasteiger charge is -2.24. The van der Waals surface area contributed by atoms with Crippen LogP contribution in [-0.4, -0.2) is 80.3 Å². The molecule has 2 saturated heterocycles. The van der Waals surface area contributed by atoms with Crippen LogP contribution in [0.1, 0.15) is 0 Å². The lowest BCUT2D eigenvalue weighted by Crippen LogP contribution is -2.40. The number of urea groups is 1. The molecule has 2 amide bonds. The highest BCUT2D eigenvalue weighted by Crippen LogP contribution is 2.28. The maximum absolute atomic E-state index is 12.4. The van der Waals surface area contributed by atoms with Gasteiger partial charge in [-0.3, -0.25) is 4.90 Å². The Balaban J connectivity index is 1.83. The summed E-state index contributed by atoms with van der Waals surface area (Å²) in [7, 11) is -1.97. The molecule has 1 aromatic heterocycles. The minimum Gasteiger partial charge on any atom is -0.379 e. The van der Waals surface area contributed by atoms with E-state index in [-0.39, 0.29) is 10.4 Å². The molecule has 0 radical (unpaired) electrons. The second-order valence-corrected chi connectivity index (χ2v) is 7.79. The summed E-state index contributed by atoms with van der Waals surface area (Å²) >= 11 is 0.922. The number of carbonyl (C=O) groups excluding carboxylic acids is 1. The fourth-order valence-electron chi connectivity index (χ4n) is 2.14. The van der Waals surface area contributed by atoms with Gasteiger partial charge in [0.15, 0.2) is 0 Å². The van der Waals surface area contributed by atoms with E-state index in [1.165, 1.54) is 9.21 Å². The van der Waals surface area contributed by atoms with E-state index >= 15 is 0 Å². The number of likely N-dealkylation sites (N-methyl/N-ethyl adjacent to an activating group) is 1. The molecule has 2 aliphatic heterocycles. The Morgan fingerprint density at radius 2 is 1.86 bits per heavy atom. The Labute approximate surface area is 126 Å². The molecule has 0 unspecified atom stereocenters. The van der Waals surface area contributed by atoms with E-state index in [9.17, 15) is 13.2 Å². The van der Waals surface area contributed by atoms with Gasteiger partial charge in [0.1, 0.15) is 0 Å². The van der Waals surface area contributed by atoms with Crippen LogP contribution in [-0.2, 0) is 14.8 Å². The summed E-state index contributed by atoms with van der Waals surface area (Å²) in [5, 5.41) is 7.92. The van der Waals surface area contributed by atoms with Crippen LogP contribution in [0.2, 0.25) is 0 Å². The van der Waals surface area contributed by atoms with Crippen molar-refractivity contribution < 1.29 is 17.9 Å². The summed E-state index contributed by atoms with van der Waals surface area (Å²) in [5.74, 6) is 0. The van der Waals surface area contributed by atoms with Gasteiger partial charge in [-0.05, 0) is 0 Å². The number of nitrogens with zero attached hydrogens (tertiary/aromatic N) is 5. The summed E-state index contributed by atoms with van der Waals surface area (Å²) in [6.45, 7) is 2.44. The zero-order chi connectivity index (χ0) is 15.0. The van der Waals surface area contributed by atoms with Crippen LogP contribution >= 0.6 is 11.3 Å². The average molecular weight is 333 g/mol. The van der Waals surface area contributed by atoms with Crippen LogP contribution in [0.15, 0.2) is 4.34 Å². The molecule has 0 N–H and O–H groups in total. The Kier molecular flexibility index (Phi) is 3.82. The van der Waals surface area contributed by atoms with Gasteiger partial charge in [-0.2, -0.15) is 4.31 Å². The number of aromatic nitrogens is 2. The lowest BCUT2D eigenvalue weighted by molar-refractivity contribution is 0.0730. The fraction of sp³-hybridized carbons (Fsp3) is 0.700. The van der Waals surface area contributed by atoms with Crippen LogP contribution in [0, 0.1) is 0 Å². The van der Waals surface area contributed by atoms with Gasteiger partial charge in [0.05, 0.1) is 13.2 Å². The molecule has 0 aliphatic carbocycles. The molecule has 0 bridgehead atoms. The van der Waals surface area contributed by atoms with Crippen LogP contribution in [0.3, 0.4) is 0 Å². The maximum Gasteiger partial charge on any atom is 0.326 e. The number of hydrogen-bond donors (Lipinski definition) is 0. The van der Waals surface area contributed by atoms with Crippen molar-refractivity contribution in [3.8, 4) is 0 Å². The highest BCUT2D eigenvalue weighted by atomic mass is 32.2. The predicted molar refractivity (Wildman–Crippen MR) is 74.9 cm³/mol. The molecule has 2 aliphatic rings. The van der Waals surface area contributed by atoms with E-state index in [0.717, 1.165) is 11.3 Å². The van der Waals surface area contributed by atoms with Crippen molar-refractivity contribution in [2.24, 2.45) is 0 Å². The Morgan fingerprint density at radius 1 is 1.14 bits per heavy atom. The summed E-state index contributed by atoms with van der Waals surface area (Å²) in [6, 6.07) is -0.193. The largest absolute Gasteiger partial charge is 0.379 e. The summed E-state index contributed by atoms with van der Waals surface area (Å²) in [5.41, 5.74) is 0. The molecular weight excluding hydrogens is 318 g/mol. The third-order valence-electron chi connectivity index (χ3n) is 3.37. The molecular formula is C10H15N5O4S2. The zero-order valence-corrected chi connectivity index (χ0v) is 13.1. The van der Waals surface area contributed by atoms with Crippen molar-refractivity contribution in [2.45, 2.75) is 4.34 Å². The molecule has 2 fully saturated rings. The standard InChI is InChI=1S/C10H15N5O4S2/c1-13-2-3-15(10(13)16)8-11-12-9(20-8)21(17,18)14-4-6-19-7-5-14/h2-7H2,1H3. The molecule has 0 saturated carbocycles. The van der Waals surface area contributed by atoms with Gasteiger partial charge >= 0.3 is 6.03 Å². The average Bonchev–Trinajstić information content (AvgIpc) is 3.09. The van der Waals surface area contributed by atoms with Crippen molar-refractivity contribution in [3.63, 3.8) is 0 Å². The first kappa shape index (κ1) is 14.6. The number of hydrogen-bond acceptors (Lipinski definition) is 7. The van der Waals surface area contributed by atoms with Gasteiger partial charge in [-0.25, -0.2) is 13.2 Å². The third kappa shape index (κ3) is 2.61. The van der Waals surface area contributed by atoms with E-state index in [2.05, 4.69) is 10.2 Å². The number of rotatable bonds is 3. The highest BCUT2D eigenvalue weighted by molar-refractivity contribution is 7.91. The molecule has 3 heterocycles. The second-order valence-electron chi connectivity index (χ2n) is 4.72. The first-order valence-electron chi connectivity index (χ1n) is 6.44. The van der Waals surface area contributed by atoms with Crippen LogP contribution in [0.25, 0.3) is 0 Å². The number of amides is 2. The smallest absolute Gasteiger partial charge is 0.326 e. The first-order valence-corrected chi connectivity index (χ1v) is 8.70. The molecule has 21 heavy (non-hydrogen) atoms. The van der Waals surface area contributed by atoms with Crippen molar-refractivity contribution in [3.05, 3.63) is 0 Å². The van der Waals surface area contributed by atoms with Gasteiger partial charge in [0, 0.05) is 33.2 Å². The summed E-state index contributed by atoms with van der Waals surface area (Å²) < 4.78 is 31.2. The molecule has 0 spiro atoms.